The molecule has 1 amide bonds. The van der Waals surface area contributed by atoms with Crippen molar-refractivity contribution in [2.75, 3.05) is 6.61 Å². The highest BCUT2D eigenvalue weighted by Gasteiger charge is 2.22. The number of hydrogen-bond acceptors (Lipinski definition) is 5. The van der Waals surface area contributed by atoms with Crippen LogP contribution in [0.4, 0.5) is 0 Å². The maximum Gasteiger partial charge on any atom is 0.339 e. The Kier molecular flexibility index (Phi) is 6.70. The Hall–Kier alpha value is -3.32. The topological polar surface area (TPSA) is 106 Å². The molecule has 1 atom stereocenters. The Morgan fingerprint density at radius 2 is 1.82 bits per heavy atom. The smallest absolute Gasteiger partial charge is 0.339 e. The van der Waals surface area contributed by atoms with Crippen LogP contribution in [0, 0.1) is 6.92 Å². The summed E-state index contributed by atoms with van der Waals surface area (Å²) in [6, 6.07) is 9.25. The number of aryl methyl sites for hydroxylation is 2. The first-order chi connectivity index (χ1) is 15.8. The highest BCUT2D eigenvalue weighted by Crippen LogP contribution is 2.32. The number of aliphatic carboxylic acids is 1. The van der Waals surface area contributed by atoms with Crippen LogP contribution in [0.5, 0.6) is 5.75 Å². The normalized spacial score (nSPS) is 13.9. The number of rotatable bonds is 7. The number of carboxylic acids is 1. The van der Waals surface area contributed by atoms with Crippen LogP contribution in [0.25, 0.3) is 11.0 Å². The third kappa shape index (κ3) is 5.03. The fourth-order valence-corrected chi connectivity index (χ4v) is 4.34. The van der Waals surface area contributed by atoms with Gasteiger partial charge in [-0.1, -0.05) is 23.7 Å². The molecule has 7 nitrogen and oxygen atoms in total. The maximum absolute atomic E-state index is 12.4. The van der Waals surface area contributed by atoms with Gasteiger partial charge >= 0.3 is 11.6 Å². The summed E-state index contributed by atoms with van der Waals surface area (Å²) in [6.45, 7) is 1.40. The van der Waals surface area contributed by atoms with E-state index < -0.39 is 17.9 Å². The number of halogens is 1. The Morgan fingerprint density at radius 3 is 2.52 bits per heavy atom. The number of carbonyl (C=O) groups excluding carboxylic acids is 1. The van der Waals surface area contributed by atoms with Gasteiger partial charge in [-0.3, -0.25) is 4.79 Å². The molecule has 2 N–H and O–H groups in total. The number of ether oxygens (including phenoxy) is 1. The first-order valence-corrected chi connectivity index (χ1v) is 11.2. The molecule has 1 heterocycles. The largest absolute Gasteiger partial charge is 0.483 e. The molecule has 1 aliphatic rings. The van der Waals surface area contributed by atoms with E-state index in [2.05, 4.69) is 5.32 Å². The van der Waals surface area contributed by atoms with Gasteiger partial charge in [0, 0.05) is 28.0 Å². The van der Waals surface area contributed by atoms with Gasteiger partial charge in [0.05, 0.1) is 0 Å². The third-order valence-corrected chi connectivity index (χ3v) is 6.19. The SMILES string of the molecule is Cc1c(OCC(=O)N[C@@H](Cc2ccc(Cl)cc2)C(=O)O)ccc2c3c(c(=O)oc12)CCCC3. The Balaban J connectivity index is 1.46. The maximum atomic E-state index is 12.4. The number of hydrogen-bond donors (Lipinski definition) is 2. The second-order valence-corrected chi connectivity index (χ2v) is 8.63. The summed E-state index contributed by atoms with van der Waals surface area (Å²) >= 11 is 5.86. The molecule has 1 aliphatic carbocycles. The zero-order chi connectivity index (χ0) is 23.5. The van der Waals surface area contributed by atoms with Crippen molar-refractivity contribution in [3.63, 3.8) is 0 Å². The molecule has 2 aromatic carbocycles. The lowest BCUT2D eigenvalue weighted by Crippen LogP contribution is -2.44. The van der Waals surface area contributed by atoms with E-state index in [1.807, 2.05) is 6.07 Å². The molecule has 0 bridgehead atoms. The summed E-state index contributed by atoms with van der Waals surface area (Å²) in [5.41, 5.74) is 3.29. The van der Waals surface area contributed by atoms with Crippen molar-refractivity contribution in [1.29, 1.82) is 0 Å². The molecule has 0 spiro atoms. The highest BCUT2D eigenvalue weighted by atomic mass is 35.5. The molecule has 8 heteroatoms. The van der Waals surface area contributed by atoms with Crippen LogP contribution in [-0.4, -0.2) is 29.6 Å². The molecule has 0 radical (unpaired) electrons. The monoisotopic (exact) mass is 469 g/mol. The van der Waals surface area contributed by atoms with Gasteiger partial charge in [-0.05, 0) is 68.0 Å². The van der Waals surface area contributed by atoms with Crippen molar-refractivity contribution >= 4 is 34.4 Å². The lowest BCUT2D eigenvalue weighted by molar-refractivity contribution is -0.142. The number of benzene rings is 2. The number of nitrogens with one attached hydrogen (secondary N) is 1. The van der Waals surface area contributed by atoms with Gasteiger partial charge in [-0.2, -0.15) is 0 Å². The zero-order valence-electron chi connectivity index (χ0n) is 18.2. The van der Waals surface area contributed by atoms with Crippen LogP contribution in [0.1, 0.15) is 35.1 Å². The third-order valence-electron chi connectivity index (χ3n) is 5.94. The molecule has 4 rings (SSSR count). The molecule has 172 valence electrons. The minimum absolute atomic E-state index is 0.115. The Labute approximate surface area is 195 Å². The summed E-state index contributed by atoms with van der Waals surface area (Å²) in [6.07, 6.45) is 3.69. The fraction of sp³-hybridized carbons (Fsp3) is 0.320. The Morgan fingerprint density at radius 1 is 1.12 bits per heavy atom. The van der Waals surface area contributed by atoms with E-state index in [9.17, 15) is 19.5 Å². The van der Waals surface area contributed by atoms with Crippen molar-refractivity contribution in [3.8, 4) is 5.75 Å². The second-order valence-electron chi connectivity index (χ2n) is 8.20. The molecular weight excluding hydrogens is 446 g/mol. The van der Waals surface area contributed by atoms with Crippen LogP contribution in [0.3, 0.4) is 0 Å². The second kappa shape index (κ2) is 9.67. The van der Waals surface area contributed by atoms with Crippen LogP contribution in [-0.2, 0) is 28.9 Å². The molecular formula is C25H24ClNO6. The fourth-order valence-electron chi connectivity index (χ4n) is 4.22. The standard InChI is InChI=1S/C25H24ClNO6/c1-14-21(11-10-18-17-4-2-3-5-19(17)25(31)33-23(14)18)32-13-22(28)27-20(24(29)30)12-15-6-8-16(26)9-7-15/h6-11,20H,2-5,12-13H2,1H3,(H,27,28)(H,29,30)/t20-/m0/s1. The number of fused-ring (bicyclic) bond motifs is 3. The molecule has 33 heavy (non-hydrogen) atoms. The Bertz CT molecular complexity index is 1260. The lowest BCUT2D eigenvalue weighted by atomic mass is 9.90. The van der Waals surface area contributed by atoms with Gasteiger partial charge in [-0.15, -0.1) is 0 Å². The number of carboxylic acid groups (broad SMARTS) is 1. The van der Waals surface area contributed by atoms with Crippen molar-refractivity contribution < 1.29 is 23.8 Å². The van der Waals surface area contributed by atoms with E-state index in [0.717, 1.165) is 47.8 Å². The van der Waals surface area contributed by atoms with Gasteiger partial charge in [0.2, 0.25) is 0 Å². The predicted octanol–water partition coefficient (Wildman–Crippen LogP) is 3.82. The summed E-state index contributed by atoms with van der Waals surface area (Å²) in [5, 5.41) is 13.4. The van der Waals surface area contributed by atoms with E-state index in [-0.39, 0.29) is 18.7 Å². The van der Waals surface area contributed by atoms with Crippen LogP contribution >= 0.6 is 11.6 Å². The van der Waals surface area contributed by atoms with Gasteiger partial charge in [0.25, 0.3) is 5.91 Å². The van der Waals surface area contributed by atoms with E-state index in [1.165, 1.54) is 0 Å². The van der Waals surface area contributed by atoms with Crippen LogP contribution in [0.15, 0.2) is 45.6 Å². The van der Waals surface area contributed by atoms with Crippen molar-refractivity contribution in [2.24, 2.45) is 0 Å². The molecule has 0 aliphatic heterocycles. The van der Waals surface area contributed by atoms with Gasteiger partial charge in [0.15, 0.2) is 6.61 Å². The first-order valence-electron chi connectivity index (χ1n) is 10.8. The lowest BCUT2D eigenvalue weighted by Gasteiger charge is -2.18. The van der Waals surface area contributed by atoms with E-state index in [0.29, 0.717) is 21.9 Å². The van der Waals surface area contributed by atoms with Crippen molar-refractivity contribution in [1.82, 2.24) is 5.32 Å². The van der Waals surface area contributed by atoms with Gasteiger partial charge < -0.3 is 19.6 Å². The first kappa shape index (κ1) is 22.9. The average molecular weight is 470 g/mol. The molecule has 1 aromatic heterocycles. The van der Waals surface area contributed by atoms with Crippen molar-refractivity contribution in [3.05, 3.63) is 74.1 Å². The van der Waals surface area contributed by atoms with E-state index in [1.54, 1.807) is 37.3 Å². The summed E-state index contributed by atoms with van der Waals surface area (Å²) in [7, 11) is 0. The van der Waals surface area contributed by atoms with Crippen molar-refractivity contribution in [2.45, 2.75) is 45.1 Å². The molecule has 0 fully saturated rings. The van der Waals surface area contributed by atoms with Crippen LogP contribution < -0.4 is 15.7 Å². The number of amides is 1. The number of carbonyl (C=O) groups is 2. The van der Waals surface area contributed by atoms with E-state index in [4.69, 9.17) is 20.8 Å². The highest BCUT2D eigenvalue weighted by molar-refractivity contribution is 6.30. The average Bonchev–Trinajstić information content (AvgIpc) is 2.80. The predicted molar refractivity (Wildman–Crippen MR) is 124 cm³/mol. The minimum Gasteiger partial charge on any atom is -0.483 e. The summed E-state index contributed by atoms with van der Waals surface area (Å²) in [5.74, 6) is -1.31. The molecule has 0 saturated carbocycles. The molecule has 0 saturated heterocycles. The summed E-state index contributed by atoms with van der Waals surface area (Å²) < 4.78 is 11.2. The molecule has 3 aromatic rings. The summed E-state index contributed by atoms with van der Waals surface area (Å²) in [4.78, 5) is 36.4. The van der Waals surface area contributed by atoms with Gasteiger partial charge in [0.1, 0.15) is 17.4 Å². The quantitative estimate of drug-likeness (QED) is 0.509. The zero-order valence-corrected chi connectivity index (χ0v) is 18.9. The molecule has 0 unspecified atom stereocenters. The van der Waals surface area contributed by atoms with Gasteiger partial charge in [-0.25, -0.2) is 9.59 Å². The minimum atomic E-state index is -1.15. The van der Waals surface area contributed by atoms with Crippen LogP contribution in [0.2, 0.25) is 5.02 Å². The van der Waals surface area contributed by atoms with E-state index >= 15 is 0 Å².